The van der Waals surface area contributed by atoms with Crippen LogP contribution in [0.15, 0.2) is 24.3 Å². The van der Waals surface area contributed by atoms with Crippen molar-refractivity contribution < 1.29 is 29.0 Å². The van der Waals surface area contributed by atoms with E-state index >= 15 is 0 Å². The normalized spacial score (nSPS) is 21.4. The van der Waals surface area contributed by atoms with Crippen LogP contribution in [0.5, 0.6) is 0 Å². The average molecular weight is 337 g/mol. The van der Waals surface area contributed by atoms with Crippen LogP contribution < -0.4 is 5.32 Å². The Morgan fingerprint density at radius 3 is 2.75 bits per heavy atom. The van der Waals surface area contributed by atoms with Gasteiger partial charge in [0.25, 0.3) is 0 Å². The molecule has 2 unspecified atom stereocenters. The van der Waals surface area contributed by atoms with Crippen molar-refractivity contribution in [3.8, 4) is 0 Å². The number of rotatable bonds is 8. The molecule has 2 rings (SSSR count). The molecule has 1 aliphatic heterocycles. The lowest BCUT2D eigenvalue weighted by Gasteiger charge is -2.11. The first-order chi connectivity index (χ1) is 11.4. The van der Waals surface area contributed by atoms with E-state index in [1.807, 2.05) is 0 Å². The third kappa shape index (κ3) is 4.94. The summed E-state index contributed by atoms with van der Waals surface area (Å²) in [6.07, 6.45) is -0.921. The molecule has 0 aliphatic carbocycles. The van der Waals surface area contributed by atoms with Gasteiger partial charge < -0.3 is 15.5 Å². The van der Waals surface area contributed by atoms with Crippen molar-refractivity contribution in [2.24, 2.45) is 5.92 Å². The second-order valence-corrected chi connectivity index (χ2v) is 6.05. The van der Waals surface area contributed by atoms with Crippen LogP contribution >= 0.6 is 0 Å². The molecule has 24 heavy (non-hydrogen) atoms. The Morgan fingerprint density at radius 2 is 2.08 bits per heavy atom. The summed E-state index contributed by atoms with van der Waals surface area (Å²) < 4.78 is 13.2. The minimum atomic E-state index is -1.67. The van der Waals surface area contributed by atoms with E-state index in [-0.39, 0.29) is 29.9 Å². The van der Waals surface area contributed by atoms with Gasteiger partial charge in [0.05, 0.1) is 0 Å². The number of Topliss-reactive ketones (excluding diaryl/α,β-unsaturated/α-hetero) is 2. The second kappa shape index (κ2) is 8.12. The average Bonchev–Trinajstić information content (AvgIpc) is 3.01. The van der Waals surface area contributed by atoms with E-state index < -0.39 is 24.3 Å². The summed E-state index contributed by atoms with van der Waals surface area (Å²) in [5.74, 6) is -2.59. The van der Waals surface area contributed by atoms with Crippen molar-refractivity contribution in [2.45, 2.75) is 37.8 Å². The topological polar surface area (TPSA) is 104 Å². The monoisotopic (exact) mass is 337 g/mol. The summed E-state index contributed by atoms with van der Waals surface area (Å²) in [5, 5.41) is 20.9. The maximum Gasteiger partial charge on any atom is 0.332 e. The van der Waals surface area contributed by atoms with Gasteiger partial charge >= 0.3 is 5.97 Å². The van der Waals surface area contributed by atoms with Gasteiger partial charge in [0, 0.05) is 36.9 Å². The number of aliphatic hydroxyl groups excluding tert-OH is 1. The van der Waals surface area contributed by atoms with Crippen LogP contribution in [0.2, 0.25) is 0 Å². The van der Waals surface area contributed by atoms with Crippen LogP contribution in [0, 0.1) is 11.7 Å². The molecule has 0 aromatic heterocycles. The minimum Gasteiger partial charge on any atom is -0.479 e. The molecule has 1 aromatic carbocycles. The standard InChI is InChI=1S/C17H20FNO5/c18-12-3-1-2-10(6-12)16(22)11-7-13(19-9-11)4-5-14(20)8-15(21)17(23)24/h1-3,6,11,13,15,19,21H,4-5,7-9H2,(H,23,24)/t11?,13?,15-/m1/s1. The fourth-order valence-corrected chi connectivity index (χ4v) is 2.86. The molecule has 0 spiro atoms. The van der Waals surface area contributed by atoms with Gasteiger partial charge in [-0.3, -0.25) is 9.59 Å². The van der Waals surface area contributed by atoms with Crippen LogP contribution in [0.4, 0.5) is 4.39 Å². The van der Waals surface area contributed by atoms with Crippen molar-refractivity contribution in [2.75, 3.05) is 6.54 Å². The second-order valence-electron chi connectivity index (χ2n) is 6.05. The summed E-state index contributed by atoms with van der Waals surface area (Å²) in [7, 11) is 0. The van der Waals surface area contributed by atoms with Crippen LogP contribution in [-0.4, -0.2) is 46.4 Å². The molecule has 1 heterocycles. The van der Waals surface area contributed by atoms with Gasteiger partial charge in [-0.05, 0) is 25.0 Å². The molecule has 1 aliphatic rings. The van der Waals surface area contributed by atoms with E-state index in [1.54, 1.807) is 6.07 Å². The first-order valence-corrected chi connectivity index (χ1v) is 7.82. The lowest BCUT2D eigenvalue weighted by atomic mass is 9.93. The maximum absolute atomic E-state index is 13.2. The van der Waals surface area contributed by atoms with Gasteiger partial charge in [-0.2, -0.15) is 0 Å². The van der Waals surface area contributed by atoms with E-state index in [2.05, 4.69) is 5.32 Å². The number of aliphatic carboxylic acids is 1. The fourth-order valence-electron chi connectivity index (χ4n) is 2.86. The van der Waals surface area contributed by atoms with Crippen molar-refractivity contribution in [3.63, 3.8) is 0 Å². The van der Waals surface area contributed by atoms with Crippen LogP contribution in [0.3, 0.4) is 0 Å². The molecule has 130 valence electrons. The van der Waals surface area contributed by atoms with E-state index in [9.17, 15) is 18.8 Å². The number of carbonyl (C=O) groups is 3. The zero-order valence-electron chi connectivity index (χ0n) is 13.1. The quantitative estimate of drug-likeness (QED) is 0.615. The van der Waals surface area contributed by atoms with E-state index in [1.165, 1.54) is 18.2 Å². The number of hydrogen-bond acceptors (Lipinski definition) is 5. The van der Waals surface area contributed by atoms with Gasteiger partial charge in [0.2, 0.25) is 0 Å². The zero-order chi connectivity index (χ0) is 17.7. The summed E-state index contributed by atoms with van der Waals surface area (Å²) in [5.41, 5.74) is 0.336. The molecular weight excluding hydrogens is 317 g/mol. The predicted octanol–water partition coefficient (Wildman–Crippen LogP) is 1.17. The number of ketones is 2. The Bertz CT molecular complexity index is 633. The third-order valence-electron chi connectivity index (χ3n) is 4.18. The van der Waals surface area contributed by atoms with Gasteiger partial charge in [-0.15, -0.1) is 0 Å². The smallest absolute Gasteiger partial charge is 0.332 e. The van der Waals surface area contributed by atoms with Gasteiger partial charge in [-0.1, -0.05) is 12.1 Å². The van der Waals surface area contributed by atoms with Crippen molar-refractivity contribution in [1.82, 2.24) is 5.32 Å². The largest absolute Gasteiger partial charge is 0.479 e. The molecule has 0 radical (unpaired) electrons. The maximum atomic E-state index is 13.2. The fraction of sp³-hybridized carbons (Fsp3) is 0.471. The Hall–Kier alpha value is -2.12. The number of halogens is 1. The third-order valence-corrected chi connectivity index (χ3v) is 4.18. The molecule has 0 saturated carbocycles. The highest BCUT2D eigenvalue weighted by atomic mass is 19.1. The van der Waals surface area contributed by atoms with Crippen molar-refractivity contribution >= 4 is 17.5 Å². The Balaban J connectivity index is 1.80. The number of aliphatic hydroxyl groups is 1. The van der Waals surface area contributed by atoms with E-state index in [4.69, 9.17) is 10.2 Å². The van der Waals surface area contributed by atoms with E-state index in [0.29, 0.717) is 24.9 Å². The molecule has 3 atom stereocenters. The number of hydrogen-bond donors (Lipinski definition) is 3. The number of benzene rings is 1. The van der Waals surface area contributed by atoms with Gasteiger partial charge in [-0.25, -0.2) is 9.18 Å². The molecule has 0 amide bonds. The Morgan fingerprint density at radius 1 is 1.33 bits per heavy atom. The number of carbonyl (C=O) groups excluding carboxylic acids is 2. The highest BCUT2D eigenvalue weighted by Gasteiger charge is 2.30. The zero-order valence-corrected chi connectivity index (χ0v) is 13.1. The number of carboxylic acids is 1. The first-order valence-electron chi connectivity index (χ1n) is 7.82. The molecule has 7 heteroatoms. The van der Waals surface area contributed by atoms with Crippen LogP contribution in [0.1, 0.15) is 36.0 Å². The van der Waals surface area contributed by atoms with Crippen LogP contribution in [-0.2, 0) is 9.59 Å². The lowest BCUT2D eigenvalue weighted by Crippen LogP contribution is -2.25. The molecule has 6 nitrogen and oxygen atoms in total. The van der Waals surface area contributed by atoms with Crippen molar-refractivity contribution in [3.05, 3.63) is 35.6 Å². The van der Waals surface area contributed by atoms with E-state index in [0.717, 1.165) is 0 Å². The summed E-state index contributed by atoms with van der Waals surface area (Å²) in [6, 6.07) is 5.54. The summed E-state index contributed by atoms with van der Waals surface area (Å²) >= 11 is 0. The van der Waals surface area contributed by atoms with Crippen molar-refractivity contribution in [1.29, 1.82) is 0 Å². The Kier molecular flexibility index (Phi) is 6.16. The predicted molar refractivity (Wildman–Crippen MR) is 83.1 cm³/mol. The van der Waals surface area contributed by atoms with Gasteiger partial charge in [0.1, 0.15) is 11.6 Å². The van der Waals surface area contributed by atoms with Gasteiger partial charge in [0.15, 0.2) is 11.9 Å². The van der Waals surface area contributed by atoms with Crippen LogP contribution in [0.25, 0.3) is 0 Å². The summed E-state index contributed by atoms with van der Waals surface area (Å²) in [4.78, 5) is 34.5. The number of carboxylic acid groups (broad SMARTS) is 1. The summed E-state index contributed by atoms with van der Waals surface area (Å²) in [6.45, 7) is 0.464. The minimum absolute atomic E-state index is 0.0292. The molecule has 3 N–H and O–H groups in total. The molecule has 1 fully saturated rings. The molecule has 1 aromatic rings. The highest BCUT2D eigenvalue weighted by Crippen LogP contribution is 2.22. The number of nitrogens with one attached hydrogen (secondary N) is 1. The SMILES string of the molecule is O=C(CCC1CC(C(=O)c2cccc(F)c2)CN1)C[C@@H](O)C(=O)O. The Labute approximate surface area is 138 Å². The first kappa shape index (κ1) is 18.2. The molecule has 0 bridgehead atoms. The molecular formula is C17H20FNO5. The lowest BCUT2D eigenvalue weighted by molar-refractivity contribution is -0.148. The highest BCUT2D eigenvalue weighted by molar-refractivity contribution is 5.98. The molecule has 1 saturated heterocycles.